The number of benzene rings is 1. The predicted octanol–water partition coefficient (Wildman–Crippen LogP) is 2.98. The molecule has 1 aromatic carbocycles. The third-order valence-corrected chi connectivity index (χ3v) is 2.88. The molecule has 15 heavy (non-hydrogen) atoms. The van der Waals surface area contributed by atoms with E-state index in [1.165, 1.54) is 16.8 Å². The van der Waals surface area contributed by atoms with Crippen molar-refractivity contribution in [2.45, 2.75) is 32.6 Å². The fraction of sp³-hybridized carbons (Fsp3) is 0.462. The van der Waals surface area contributed by atoms with Gasteiger partial charge in [0.2, 0.25) is 0 Å². The van der Waals surface area contributed by atoms with Crippen molar-refractivity contribution in [1.82, 2.24) is 0 Å². The van der Waals surface area contributed by atoms with Crippen LogP contribution in [0.1, 0.15) is 31.9 Å². The average molecular weight is 202 g/mol. The zero-order valence-corrected chi connectivity index (χ0v) is 9.89. The Morgan fingerprint density at radius 1 is 1.27 bits per heavy atom. The molecule has 2 rings (SSSR count). The molecule has 0 radical (unpaired) electrons. The molecule has 0 spiro atoms. The monoisotopic (exact) mass is 202 g/mol. The molecule has 0 unspecified atom stereocenters. The first-order valence-electron chi connectivity index (χ1n) is 5.37. The summed E-state index contributed by atoms with van der Waals surface area (Å²) >= 11 is 0. The SMILES string of the molecule is CN=C1Cc2ccc(C(C)(C)C)cc2N1. The Morgan fingerprint density at radius 2 is 2.00 bits per heavy atom. The lowest BCUT2D eigenvalue weighted by molar-refractivity contribution is 0.590. The molecule has 0 aromatic heterocycles. The van der Waals surface area contributed by atoms with Crippen LogP contribution in [-0.4, -0.2) is 12.9 Å². The maximum atomic E-state index is 4.20. The average Bonchev–Trinajstić information content (AvgIpc) is 2.57. The zero-order valence-electron chi connectivity index (χ0n) is 9.89. The van der Waals surface area contributed by atoms with Gasteiger partial charge in [-0.15, -0.1) is 0 Å². The van der Waals surface area contributed by atoms with E-state index < -0.39 is 0 Å². The molecule has 1 heterocycles. The quantitative estimate of drug-likeness (QED) is 0.687. The maximum absolute atomic E-state index is 4.20. The third kappa shape index (κ3) is 1.89. The van der Waals surface area contributed by atoms with Gasteiger partial charge in [0.1, 0.15) is 5.84 Å². The second-order valence-electron chi connectivity index (χ2n) is 5.09. The molecule has 1 aliphatic rings. The minimum Gasteiger partial charge on any atom is -0.344 e. The summed E-state index contributed by atoms with van der Waals surface area (Å²) in [5, 5.41) is 3.35. The Bertz CT molecular complexity index is 411. The molecular formula is C13H18N2. The van der Waals surface area contributed by atoms with Crippen LogP contribution in [-0.2, 0) is 11.8 Å². The largest absolute Gasteiger partial charge is 0.344 e. The van der Waals surface area contributed by atoms with Gasteiger partial charge >= 0.3 is 0 Å². The minimum atomic E-state index is 0.211. The Balaban J connectivity index is 2.39. The Hall–Kier alpha value is -1.31. The summed E-state index contributed by atoms with van der Waals surface area (Å²) in [6.07, 6.45) is 0.941. The standard InChI is InChI=1S/C13H18N2/c1-13(2,3)10-6-5-9-7-12(14-4)15-11(9)8-10/h5-6,8H,7H2,1-4H3,(H,14,15). The van der Waals surface area contributed by atoms with Crippen LogP contribution in [0.2, 0.25) is 0 Å². The van der Waals surface area contributed by atoms with Crippen LogP contribution < -0.4 is 5.32 Å². The smallest absolute Gasteiger partial charge is 0.105 e. The first kappa shape index (κ1) is 10.2. The Morgan fingerprint density at radius 3 is 2.60 bits per heavy atom. The predicted molar refractivity (Wildman–Crippen MR) is 65.8 cm³/mol. The van der Waals surface area contributed by atoms with Gasteiger partial charge in [-0.05, 0) is 22.6 Å². The van der Waals surface area contributed by atoms with Crippen molar-refractivity contribution < 1.29 is 0 Å². The van der Waals surface area contributed by atoms with Crippen LogP contribution in [0.15, 0.2) is 23.2 Å². The summed E-state index contributed by atoms with van der Waals surface area (Å²) in [4.78, 5) is 4.20. The highest BCUT2D eigenvalue weighted by Gasteiger charge is 2.19. The molecule has 0 amide bonds. The fourth-order valence-corrected chi connectivity index (χ4v) is 1.83. The van der Waals surface area contributed by atoms with Crippen LogP contribution in [0, 0.1) is 0 Å². The second kappa shape index (κ2) is 3.37. The number of aliphatic imine (C=N–C) groups is 1. The highest BCUT2D eigenvalue weighted by atomic mass is 15.0. The van der Waals surface area contributed by atoms with Gasteiger partial charge in [-0.1, -0.05) is 32.9 Å². The van der Waals surface area contributed by atoms with E-state index in [1.807, 2.05) is 7.05 Å². The molecule has 2 heteroatoms. The van der Waals surface area contributed by atoms with Crippen molar-refractivity contribution in [1.29, 1.82) is 0 Å². The van der Waals surface area contributed by atoms with E-state index in [-0.39, 0.29) is 5.41 Å². The second-order valence-corrected chi connectivity index (χ2v) is 5.09. The lowest BCUT2D eigenvalue weighted by Gasteiger charge is -2.19. The first-order valence-corrected chi connectivity index (χ1v) is 5.37. The van der Waals surface area contributed by atoms with Crippen LogP contribution in [0.4, 0.5) is 5.69 Å². The topological polar surface area (TPSA) is 24.4 Å². The van der Waals surface area contributed by atoms with Gasteiger partial charge in [0.15, 0.2) is 0 Å². The lowest BCUT2D eigenvalue weighted by atomic mass is 9.86. The maximum Gasteiger partial charge on any atom is 0.105 e. The number of hydrogen-bond donors (Lipinski definition) is 1. The van der Waals surface area contributed by atoms with E-state index in [9.17, 15) is 0 Å². The summed E-state index contributed by atoms with van der Waals surface area (Å²) in [5.41, 5.74) is 4.15. The number of amidine groups is 1. The number of hydrogen-bond acceptors (Lipinski definition) is 1. The van der Waals surface area contributed by atoms with Crippen molar-refractivity contribution in [2.75, 3.05) is 12.4 Å². The van der Waals surface area contributed by atoms with E-state index in [0.29, 0.717) is 0 Å². The van der Waals surface area contributed by atoms with Crippen molar-refractivity contribution in [3.63, 3.8) is 0 Å². The molecule has 1 aliphatic heterocycles. The highest BCUT2D eigenvalue weighted by molar-refractivity contribution is 6.03. The molecule has 0 saturated heterocycles. The number of rotatable bonds is 0. The van der Waals surface area contributed by atoms with E-state index in [2.05, 4.69) is 49.3 Å². The summed E-state index contributed by atoms with van der Waals surface area (Å²) in [6.45, 7) is 6.70. The highest BCUT2D eigenvalue weighted by Crippen LogP contribution is 2.30. The molecule has 1 aromatic rings. The number of anilines is 1. The van der Waals surface area contributed by atoms with E-state index in [0.717, 1.165) is 12.3 Å². The molecule has 80 valence electrons. The third-order valence-electron chi connectivity index (χ3n) is 2.88. The van der Waals surface area contributed by atoms with Gasteiger partial charge < -0.3 is 5.32 Å². The van der Waals surface area contributed by atoms with E-state index >= 15 is 0 Å². The van der Waals surface area contributed by atoms with Crippen LogP contribution >= 0.6 is 0 Å². The van der Waals surface area contributed by atoms with Crippen molar-refractivity contribution >= 4 is 11.5 Å². The van der Waals surface area contributed by atoms with Crippen molar-refractivity contribution in [3.05, 3.63) is 29.3 Å². The summed E-state index contributed by atoms with van der Waals surface area (Å²) < 4.78 is 0. The van der Waals surface area contributed by atoms with E-state index in [4.69, 9.17) is 0 Å². The molecular weight excluding hydrogens is 184 g/mol. The normalized spacial score (nSPS) is 17.7. The first-order chi connectivity index (χ1) is 7.00. The molecule has 0 bridgehead atoms. The van der Waals surface area contributed by atoms with Gasteiger partial charge in [-0.3, -0.25) is 4.99 Å². The number of nitrogens with zero attached hydrogens (tertiary/aromatic N) is 1. The van der Waals surface area contributed by atoms with Gasteiger partial charge in [-0.25, -0.2) is 0 Å². The Labute approximate surface area is 91.4 Å². The molecule has 2 nitrogen and oxygen atoms in total. The number of fused-ring (bicyclic) bond motifs is 1. The molecule has 0 saturated carbocycles. The summed E-state index contributed by atoms with van der Waals surface area (Å²) in [7, 11) is 1.83. The van der Waals surface area contributed by atoms with Crippen LogP contribution in [0.5, 0.6) is 0 Å². The molecule has 0 fully saturated rings. The minimum absolute atomic E-state index is 0.211. The molecule has 1 N–H and O–H groups in total. The Kier molecular flexibility index (Phi) is 2.29. The van der Waals surface area contributed by atoms with Crippen LogP contribution in [0.25, 0.3) is 0 Å². The molecule has 0 aliphatic carbocycles. The molecule has 0 atom stereocenters. The van der Waals surface area contributed by atoms with Gasteiger partial charge in [0.05, 0.1) is 0 Å². The van der Waals surface area contributed by atoms with E-state index in [1.54, 1.807) is 0 Å². The van der Waals surface area contributed by atoms with Crippen molar-refractivity contribution in [3.8, 4) is 0 Å². The lowest BCUT2D eigenvalue weighted by Crippen LogP contribution is -2.11. The fourth-order valence-electron chi connectivity index (χ4n) is 1.83. The summed E-state index contributed by atoms with van der Waals surface area (Å²) in [5.74, 6) is 1.07. The van der Waals surface area contributed by atoms with Gasteiger partial charge in [0, 0.05) is 19.2 Å². The van der Waals surface area contributed by atoms with Gasteiger partial charge in [0.25, 0.3) is 0 Å². The van der Waals surface area contributed by atoms with Crippen molar-refractivity contribution in [2.24, 2.45) is 4.99 Å². The zero-order chi connectivity index (χ0) is 11.1. The van der Waals surface area contributed by atoms with Crippen LogP contribution in [0.3, 0.4) is 0 Å². The number of nitrogens with one attached hydrogen (secondary N) is 1. The summed E-state index contributed by atoms with van der Waals surface area (Å²) in [6, 6.07) is 6.67. The van der Waals surface area contributed by atoms with Gasteiger partial charge in [-0.2, -0.15) is 0 Å².